The van der Waals surface area contributed by atoms with E-state index in [4.69, 9.17) is 11.6 Å². The molecular weight excluding hydrogens is 394 g/mol. The van der Waals surface area contributed by atoms with Crippen molar-refractivity contribution in [3.63, 3.8) is 0 Å². The highest BCUT2D eigenvalue weighted by Crippen LogP contribution is 2.46. The first kappa shape index (κ1) is 16.8. The molecule has 6 aromatic rings. The molecule has 0 saturated carbocycles. The van der Waals surface area contributed by atoms with Crippen LogP contribution in [0.4, 0.5) is 11.4 Å². The van der Waals surface area contributed by atoms with Crippen molar-refractivity contribution >= 4 is 76.0 Å². The van der Waals surface area contributed by atoms with Gasteiger partial charge in [0.15, 0.2) is 0 Å². The summed E-state index contributed by atoms with van der Waals surface area (Å²) in [6, 6.07) is 31.9. The molecule has 0 unspecified atom stereocenters. The van der Waals surface area contributed by atoms with Gasteiger partial charge in [-0.15, -0.1) is 11.3 Å². The Kier molecular flexibility index (Phi) is 3.77. The van der Waals surface area contributed by atoms with Gasteiger partial charge >= 0.3 is 0 Å². The van der Waals surface area contributed by atoms with Gasteiger partial charge in [-0.25, -0.2) is 0 Å². The standard InChI is InChI=1S/C26H16ClNS/c27-21-11-5-6-12-22(21)28-23-15-17-8-2-3-9-18(17)24-20-14-13-16-7-1-4-10-19(16)25(20)29-26(23)24/h1-15,28H. The fourth-order valence-electron chi connectivity index (χ4n) is 4.15. The van der Waals surface area contributed by atoms with E-state index >= 15 is 0 Å². The number of rotatable bonds is 2. The Labute approximate surface area is 177 Å². The molecule has 0 amide bonds. The second-order valence-electron chi connectivity index (χ2n) is 7.22. The Balaban J connectivity index is 1.75. The van der Waals surface area contributed by atoms with Crippen molar-refractivity contribution in [2.24, 2.45) is 0 Å². The van der Waals surface area contributed by atoms with Gasteiger partial charge in [-0.2, -0.15) is 0 Å². The number of para-hydroxylation sites is 1. The average Bonchev–Trinajstić information content (AvgIpc) is 3.16. The molecule has 0 aliphatic carbocycles. The number of fused-ring (bicyclic) bond motifs is 7. The van der Waals surface area contributed by atoms with Crippen LogP contribution >= 0.6 is 22.9 Å². The fraction of sp³-hybridized carbons (Fsp3) is 0. The van der Waals surface area contributed by atoms with Crippen molar-refractivity contribution in [2.75, 3.05) is 5.32 Å². The molecule has 0 saturated heterocycles. The molecule has 0 spiro atoms. The van der Waals surface area contributed by atoms with Crippen LogP contribution in [-0.4, -0.2) is 0 Å². The zero-order chi connectivity index (χ0) is 19.4. The molecule has 0 aliphatic rings. The molecular formula is C26H16ClNS. The van der Waals surface area contributed by atoms with Gasteiger partial charge in [0, 0.05) is 15.5 Å². The van der Waals surface area contributed by atoms with E-state index in [2.05, 4.69) is 72.0 Å². The fourth-order valence-corrected chi connectivity index (χ4v) is 5.66. The first-order valence-corrected chi connectivity index (χ1v) is 10.8. The molecule has 0 radical (unpaired) electrons. The highest BCUT2D eigenvalue weighted by Gasteiger charge is 2.15. The van der Waals surface area contributed by atoms with Crippen LogP contribution < -0.4 is 5.32 Å². The quantitative estimate of drug-likeness (QED) is 0.301. The zero-order valence-electron chi connectivity index (χ0n) is 15.4. The van der Waals surface area contributed by atoms with Gasteiger partial charge < -0.3 is 5.32 Å². The van der Waals surface area contributed by atoms with E-state index in [9.17, 15) is 0 Å². The predicted octanol–water partition coefficient (Wildman–Crippen LogP) is 8.76. The number of nitrogens with one attached hydrogen (secondary N) is 1. The Morgan fingerprint density at radius 2 is 1.31 bits per heavy atom. The molecule has 138 valence electrons. The number of halogens is 1. The minimum Gasteiger partial charge on any atom is -0.353 e. The summed E-state index contributed by atoms with van der Waals surface area (Å²) in [6.45, 7) is 0. The van der Waals surface area contributed by atoms with Crippen LogP contribution in [0.15, 0.2) is 91.0 Å². The van der Waals surface area contributed by atoms with E-state index in [1.165, 1.54) is 41.7 Å². The minimum atomic E-state index is 0.723. The van der Waals surface area contributed by atoms with Crippen LogP contribution in [0.1, 0.15) is 0 Å². The second kappa shape index (κ2) is 6.48. The highest BCUT2D eigenvalue weighted by molar-refractivity contribution is 7.27. The van der Waals surface area contributed by atoms with Crippen LogP contribution in [0.2, 0.25) is 5.02 Å². The van der Waals surface area contributed by atoms with Crippen molar-refractivity contribution in [1.29, 1.82) is 0 Å². The summed E-state index contributed by atoms with van der Waals surface area (Å²) in [5, 5.41) is 12.0. The van der Waals surface area contributed by atoms with Gasteiger partial charge in [0.1, 0.15) is 0 Å². The summed E-state index contributed by atoms with van der Waals surface area (Å²) in [5.74, 6) is 0. The van der Waals surface area contributed by atoms with Crippen LogP contribution in [0, 0.1) is 0 Å². The topological polar surface area (TPSA) is 12.0 Å². The smallest absolute Gasteiger partial charge is 0.0640 e. The lowest BCUT2D eigenvalue weighted by molar-refractivity contribution is 1.60. The first-order chi connectivity index (χ1) is 14.3. The number of hydrogen-bond donors (Lipinski definition) is 1. The lowest BCUT2D eigenvalue weighted by Gasteiger charge is -2.11. The maximum Gasteiger partial charge on any atom is 0.0640 e. The van der Waals surface area contributed by atoms with E-state index < -0.39 is 0 Å². The average molecular weight is 410 g/mol. The van der Waals surface area contributed by atoms with Crippen molar-refractivity contribution in [3.05, 3.63) is 96.0 Å². The van der Waals surface area contributed by atoms with Crippen LogP contribution in [0.25, 0.3) is 41.7 Å². The Hall–Kier alpha value is -3.07. The lowest BCUT2D eigenvalue weighted by atomic mass is 10.0. The van der Waals surface area contributed by atoms with Crippen molar-refractivity contribution < 1.29 is 0 Å². The Morgan fingerprint density at radius 1 is 0.586 bits per heavy atom. The van der Waals surface area contributed by atoms with Crippen molar-refractivity contribution in [2.45, 2.75) is 0 Å². The van der Waals surface area contributed by atoms with Crippen molar-refractivity contribution in [1.82, 2.24) is 0 Å². The third-order valence-electron chi connectivity index (χ3n) is 5.50. The molecule has 1 heterocycles. The molecule has 3 heteroatoms. The third kappa shape index (κ3) is 2.61. The summed E-state index contributed by atoms with van der Waals surface area (Å²) in [5.41, 5.74) is 2.02. The summed E-state index contributed by atoms with van der Waals surface area (Å²) >= 11 is 8.29. The summed E-state index contributed by atoms with van der Waals surface area (Å²) in [7, 11) is 0. The van der Waals surface area contributed by atoms with E-state index in [1.54, 1.807) is 0 Å². The molecule has 1 nitrogen and oxygen atoms in total. The van der Waals surface area contributed by atoms with Gasteiger partial charge in [0.2, 0.25) is 0 Å². The van der Waals surface area contributed by atoms with Crippen LogP contribution in [0.3, 0.4) is 0 Å². The van der Waals surface area contributed by atoms with Gasteiger partial charge in [-0.3, -0.25) is 0 Å². The van der Waals surface area contributed by atoms with E-state index in [1.807, 2.05) is 35.6 Å². The predicted molar refractivity (Wildman–Crippen MR) is 129 cm³/mol. The highest BCUT2D eigenvalue weighted by atomic mass is 35.5. The molecule has 0 fully saturated rings. The lowest BCUT2D eigenvalue weighted by Crippen LogP contribution is -1.91. The minimum absolute atomic E-state index is 0.723. The van der Waals surface area contributed by atoms with Gasteiger partial charge in [-0.05, 0) is 39.7 Å². The van der Waals surface area contributed by atoms with Gasteiger partial charge in [0.25, 0.3) is 0 Å². The first-order valence-electron chi connectivity index (χ1n) is 9.57. The summed E-state index contributed by atoms with van der Waals surface area (Å²) in [6.07, 6.45) is 0. The molecule has 0 aliphatic heterocycles. The molecule has 0 atom stereocenters. The second-order valence-corrected chi connectivity index (χ2v) is 8.65. The summed E-state index contributed by atoms with van der Waals surface area (Å²) < 4.78 is 2.59. The van der Waals surface area contributed by atoms with E-state index in [-0.39, 0.29) is 0 Å². The third-order valence-corrected chi connectivity index (χ3v) is 7.10. The number of benzene rings is 5. The number of anilines is 2. The normalized spacial score (nSPS) is 11.6. The van der Waals surface area contributed by atoms with Crippen LogP contribution in [0.5, 0.6) is 0 Å². The number of thiophene rings is 1. The Bertz CT molecular complexity index is 1550. The van der Waals surface area contributed by atoms with E-state index in [0.717, 1.165) is 16.4 Å². The van der Waals surface area contributed by atoms with Gasteiger partial charge in [0.05, 0.1) is 21.1 Å². The number of hydrogen-bond acceptors (Lipinski definition) is 2. The molecule has 5 aromatic carbocycles. The van der Waals surface area contributed by atoms with Gasteiger partial charge in [-0.1, -0.05) is 84.4 Å². The molecule has 1 aromatic heterocycles. The molecule has 6 rings (SSSR count). The molecule has 1 N–H and O–H groups in total. The Morgan fingerprint density at radius 3 is 2.17 bits per heavy atom. The van der Waals surface area contributed by atoms with Crippen LogP contribution in [-0.2, 0) is 0 Å². The monoisotopic (exact) mass is 409 g/mol. The van der Waals surface area contributed by atoms with E-state index in [0.29, 0.717) is 0 Å². The largest absolute Gasteiger partial charge is 0.353 e. The summed E-state index contributed by atoms with van der Waals surface area (Å²) in [4.78, 5) is 0. The van der Waals surface area contributed by atoms with Crippen molar-refractivity contribution in [3.8, 4) is 0 Å². The maximum absolute atomic E-state index is 6.44. The maximum atomic E-state index is 6.44. The zero-order valence-corrected chi connectivity index (χ0v) is 17.0. The molecule has 29 heavy (non-hydrogen) atoms. The SMILES string of the molecule is Clc1ccccc1Nc1cc2ccccc2c2c1sc1c3ccccc3ccc12. The molecule has 0 bridgehead atoms.